The van der Waals surface area contributed by atoms with Crippen LogP contribution < -0.4 is 0 Å². The SMILES string of the molecule is CC(C)(C)c1nnc(SCC(=O)N(Cc2ccco2)C2=CCCCC2)o1. The van der Waals surface area contributed by atoms with Gasteiger partial charge in [-0.15, -0.1) is 10.2 Å². The molecule has 7 heteroatoms. The zero-order chi connectivity index (χ0) is 18.6. The van der Waals surface area contributed by atoms with Crippen LogP contribution in [-0.4, -0.2) is 26.8 Å². The Morgan fingerprint density at radius 3 is 2.77 bits per heavy atom. The summed E-state index contributed by atoms with van der Waals surface area (Å²) >= 11 is 1.28. The van der Waals surface area contributed by atoms with Gasteiger partial charge in [0.25, 0.3) is 5.22 Å². The topological polar surface area (TPSA) is 72.4 Å². The third kappa shape index (κ3) is 4.78. The molecule has 0 N–H and O–H groups in total. The van der Waals surface area contributed by atoms with E-state index in [0.29, 0.717) is 17.7 Å². The lowest BCUT2D eigenvalue weighted by molar-refractivity contribution is -0.127. The van der Waals surface area contributed by atoms with Crippen molar-refractivity contribution in [1.82, 2.24) is 15.1 Å². The molecule has 1 aliphatic carbocycles. The summed E-state index contributed by atoms with van der Waals surface area (Å²) in [5, 5.41) is 8.55. The van der Waals surface area contributed by atoms with Crippen LogP contribution in [0, 0.1) is 0 Å². The maximum atomic E-state index is 12.9. The average Bonchev–Trinajstić information content (AvgIpc) is 3.29. The fourth-order valence-electron chi connectivity index (χ4n) is 2.75. The third-order valence-electron chi connectivity index (χ3n) is 4.18. The second-order valence-electron chi connectivity index (χ2n) is 7.41. The molecule has 0 radical (unpaired) electrons. The second-order valence-corrected chi connectivity index (χ2v) is 8.34. The first kappa shape index (κ1) is 18.8. The molecule has 1 amide bonds. The number of aromatic nitrogens is 2. The quantitative estimate of drug-likeness (QED) is 0.690. The summed E-state index contributed by atoms with van der Waals surface area (Å²) in [6.07, 6.45) is 8.03. The number of hydrogen-bond acceptors (Lipinski definition) is 6. The van der Waals surface area contributed by atoms with E-state index in [0.717, 1.165) is 30.7 Å². The van der Waals surface area contributed by atoms with Gasteiger partial charge < -0.3 is 13.7 Å². The van der Waals surface area contributed by atoms with Gasteiger partial charge in [-0.2, -0.15) is 0 Å². The number of carbonyl (C=O) groups is 1. The van der Waals surface area contributed by atoms with Gasteiger partial charge in [-0.3, -0.25) is 4.79 Å². The molecule has 0 spiro atoms. The van der Waals surface area contributed by atoms with Crippen LogP contribution >= 0.6 is 11.8 Å². The van der Waals surface area contributed by atoms with Gasteiger partial charge in [-0.1, -0.05) is 38.6 Å². The first-order valence-electron chi connectivity index (χ1n) is 8.92. The Morgan fingerprint density at radius 2 is 2.15 bits per heavy atom. The molecule has 0 aromatic carbocycles. The smallest absolute Gasteiger partial charge is 0.277 e. The van der Waals surface area contributed by atoms with Crippen molar-refractivity contribution in [1.29, 1.82) is 0 Å². The normalized spacial score (nSPS) is 15.0. The predicted octanol–water partition coefficient (Wildman–Crippen LogP) is 4.54. The fraction of sp³-hybridized carbons (Fsp3) is 0.526. The van der Waals surface area contributed by atoms with Crippen molar-refractivity contribution in [2.45, 2.75) is 63.6 Å². The standard InChI is InChI=1S/C19H25N3O3S/c1-19(2,3)17-20-21-18(25-17)26-13-16(23)22(12-15-10-7-11-24-15)14-8-5-4-6-9-14/h7-8,10-11H,4-6,9,12-13H2,1-3H3. The summed E-state index contributed by atoms with van der Waals surface area (Å²) in [6, 6.07) is 3.73. The highest BCUT2D eigenvalue weighted by Gasteiger charge is 2.24. The summed E-state index contributed by atoms with van der Waals surface area (Å²) in [5.41, 5.74) is 0.882. The number of thioether (sulfide) groups is 1. The van der Waals surface area contributed by atoms with Gasteiger partial charge in [0.2, 0.25) is 11.8 Å². The predicted molar refractivity (Wildman–Crippen MR) is 99.5 cm³/mol. The molecule has 0 fully saturated rings. The van der Waals surface area contributed by atoms with Crippen molar-refractivity contribution in [3.8, 4) is 0 Å². The van der Waals surface area contributed by atoms with E-state index >= 15 is 0 Å². The Balaban J connectivity index is 1.67. The van der Waals surface area contributed by atoms with Crippen molar-refractivity contribution in [3.05, 3.63) is 41.8 Å². The van der Waals surface area contributed by atoms with Crippen LogP contribution in [-0.2, 0) is 16.8 Å². The lowest BCUT2D eigenvalue weighted by atomic mass is 9.97. The van der Waals surface area contributed by atoms with E-state index in [1.807, 2.05) is 37.8 Å². The summed E-state index contributed by atoms with van der Waals surface area (Å²) in [4.78, 5) is 14.7. The van der Waals surface area contributed by atoms with E-state index in [4.69, 9.17) is 8.83 Å². The number of carbonyl (C=O) groups excluding carboxylic acids is 1. The average molecular weight is 375 g/mol. The van der Waals surface area contributed by atoms with Gasteiger partial charge >= 0.3 is 0 Å². The van der Waals surface area contributed by atoms with Crippen molar-refractivity contribution >= 4 is 17.7 Å². The number of furan rings is 1. The molecule has 3 rings (SSSR count). The molecule has 6 nitrogen and oxygen atoms in total. The Bertz CT molecular complexity index is 759. The molecule has 0 saturated heterocycles. The number of amides is 1. The Kier molecular flexibility index (Phi) is 5.86. The lowest BCUT2D eigenvalue weighted by Crippen LogP contribution is -2.32. The lowest BCUT2D eigenvalue weighted by Gasteiger charge is -2.26. The highest BCUT2D eigenvalue weighted by molar-refractivity contribution is 7.99. The van der Waals surface area contributed by atoms with Crippen molar-refractivity contribution < 1.29 is 13.6 Å². The minimum atomic E-state index is -0.200. The Labute approximate surface area is 158 Å². The molecule has 26 heavy (non-hydrogen) atoms. The molecule has 140 valence electrons. The zero-order valence-corrected chi connectivity index (χ0v) is 16.3. The van der Waals surface area contributed by atoms with Gasteiger partial charge in [0, 0.05) is 11.1 Å². The molecule has 2 heterocycles. The molecule has 0 aliphatic heterocycles. The van der Waals surface area contributed by atoms with Gasteiger partial charge in [-0.25, -0.2) is 0 Å². The molecule has 0 bridgehead atoms. The highest BCUT2D eigenvalue weighted by atomic mass is 32.2. The van der Waals surface area contributed by atoms with E-state index in [-0.39, 0.29) is 17.1 Å². The Hall–Kier alpha value is -2.02. The van der Waals surface area contributed by atoms with Gasteiger partial charge in [0.05, 0.1) is 18.6 Å². The molecular weight excluding hydrogens is 350 g/mol. The van der Waals surface area contributed by atoms with Crippen LogP contribution in [0.4, 0.5) is 0 Å². The van der Waals surface area contributed by atoms with Crippen molar-refractivity contribution in [2.75, 3.05) is 5.75 Å². The molecule has 0 atom stereocenters. The fourth-order valence-corrected chi connectivity index (χ4v) is 3.39. The minimum Gasteiger partial charge on any atom is -0.467 e. The van der Waals surface area contributed by atoms with Crippen LogP contribution in [0.15, 0.2) is 44.2 Å². The molecule has 0 unspecified atom stereocenters. The number of nitrogens with zero attached hydrogens (tertiary/aromatic N) is 3. The first-order chi connectivity index (χ1) is 12.4. The third-order valence-corrected chi connectivity index (χ3v) is 4.98. The van der Waals surface area contributed by atoms with E-state index in [9.17, 15) is 4.79 Å². The number of rotatable bonds is 6. The monoisotopic (exact) mass is 375 g/mol. The maximum absolute atomic E-state index is 12.9. The summed E-state index contributed by atoms with van der Waals surface area (Å²) in [6.45, 7) is 6.50. The van der Waals surface area contributed by atoms with Crippen LogP contribution in [0.5, 0.6) is 0 Å². The van der Waals surface area contributed by atoms with Crippen molar-refractivity contribution in [2.24, 2.45) is 0 Å². The van der Waals surface area contributed by atoms with Crippen LogP contribution in [0.25, 0.3) is 0 Å². The summed E-state index contributed by atoms with van der Waals surface area (Å²) < 4.78 is 11.1. The number of allylic oxidation sites excluding steroid dienone is 2. The molecule has 1 aliphatic rings. The maximum Gasteiger partial charge on any atom is 0.277 e. The van der Waals surface area contributed by atoms with E-state index < -0.39 is 0 Å². The van der Waals surface area contributed by atoms with Gasteiger partial charge in [0.15, 0.2) is 0 Å². The van der Waals surface area contributed by atoms with Crippen LogP contribution in [0.2, 0.25) is 0 Å². The first-order valence-corrected chi connectivity index (χ1v) is 9.90. The molecular formula is C19H25N3O3S. The number of hydrogen-bond donors (Lipinski definition) is 0. The largest absolute Gasteiger partial charge is 0.467 e. The second kappa shape index (κ2) is 8.12. The summed E-state index contributed by atoms with van der Waals surface area (Å²) in [7, 11) is 0. The van der Waals surface area contributed by atoms with E-state index in [2.05, 4.69) is 16.3 Å². The Morgan fingerprint density at radius 1 is 1.31 bits per heavy atom. The van der Waals surface area contributed by atoms with Crippen LogP contribution in [0.3, 0.4) is 0 Å². The van der Waals surface area contributed by atoms with Crippen molar-refractivity contribution in [3.63, 3.8) is 0 Å². The van der Waals surface area contributed by atoms with E-state index in [1.165, 1.54) is 18.2 Å². The van der Waals surface area contributed by atoms with E-state index in [1.54, 1.807) is 6.26 Å². The van der Waals surface area contributed by atoms with Gasteiger partial charge in [0.1, 0.15) is 5.76 Å². The molecule has 0 saturated carbocycles. The molecule has 2 aromatic rings. The zero-order valence-electron chi connectivity index (χ0n) is 15.5. The summed E-state index contributed by atoms with van der Waals surface area (Å²) in [5.74, 6) is 1.64. The van der Waals surface area contributed by atoms with Gasteiger partial charge in [-0.05, 0) is 37.8 Å². The highest BCUT2D eigenvalue weighted by Crippen LogP contribution is 2.27. The molecule has 2 aromatic heterocycles. The van der Waals surface area contributed by atoms with Crippen LogP contribution in [0.1, 0.15) is 58.1 Å². The minimum absolute atomic E-state index is 0.0232.